The lowest BCUT2D eigenvalue weighted by atomic mass is 9.98. The van der Waals surface area contributed by atoms with Crippen LogP contribution in [0, 0.1) is 0 Å². The summed E-state index contributed by atoms with van der Waals surface area (Å²) in [4.78, 5) is 13.1. The van der Waals surface area contributed by atoms with Crippen molar-refractivity contribution in [2.45, 2.75) is 58.3 Å². The normalized spacial score (nSPS) is 11.5. The quantitative estimate of drug-likeness (QED) is 0.486. The predicted octanol–water partition coefficient (Wildman–Crippen LogP) is 3.57. The Bertz CT molecular complexity index is 954. The van der Waals surface area contributed by atoms with Gasteiger partial charge in [-0.3, -0.25) is 9.89 Å². The second-order valence-corrected chi connectivity index (χ2v) is 7.90. The predicted molar refractivity (Wildman–Crippen MR) is 115 cm³/mol. The van der Waals surface area contributed by atoms with E-state index < -0.39 is 6.29 Å². The van der Waals surface area contributed by atoms with Crippen LogP contribution in [-0.4, -0.2) is 26.3 Å². The van der Waals surface area contributed by atoms with Gasteiger partial charge in [-0.2, -0.15) is 0 Å². The fraction of sp³-hybridized carbons (Fsp3) is 0.375. The maximum absolute atomic E-state index is 13.1. The molecule has 29 heavy (non-hydrogen) atoms. The molecular weight excluding hydrogens is 364 g/mol. The molecule has 2 aromatic carbocycles. The summed E-state index contributed by atoms with van der Waals surface area (Å²) >= 11 is 0. The first-order valence-electron chi connectivity index (χ1n) is 10.2. The second kappa shape index (κ2) is 9.72. The molecule has 0 fully saturated rings. The summed E-state index contributed by atoms with van der Waals surface area (Å²) in [5.41, 5.74) is 5.21. The number of benzene rings is 2. The minimum atomic E-state index is -1.24. The van der Waals surface area contributed by atoms with E-state index in [-0.39, 0.29) is 11.5 Å². The molecule has 0 spiro atoms. The van der Waals surface area contributed by atoms with Gasteiger partial charge in [-0.1, -0.05) is 68.4 Å². The standard InChI is InChI=1S/C24H30N2O3/c1-17(2)23-21(24(29)26(25-23)16-20-7-4-3-5-8-20)15-19-13-11-18(12-14-19)9-6-10-22(27)28/h3-5,7-8,11-14,17,22,25,27-28H,6,9-10,15-16H2,1-2H3. The lowest BCUT2D eigenvalue weighted by Gasteiger charge is -2.07. The Morgan fingerprint density at radius 3 is 2.21 bits per heavy atom. The molecule has 0 bridgehead atoms. The molecule has 0 saturated carbocycles. The summed E-state index contributed by atoms with van der Waals surface area (Å²) in [5, 5.41) is 21.2. The van der Waals surface area contributed by atoms with Gasteiger partial charge in [-0.15, -0.1) is 0 Å². The topological polar surface area (TPSA) is 78.2 Å². The minimum Gasteiger partial charge on any atom is -0.368 e. The first-order chi connectivity index (χ1) is 13.9. The van der Waals surface area contributed by atoms with Crippen molar-refractivity contribution in [3.8, 4) is 0 Å². The van der Waals surface area contributed by atoms with E-state index in [4.69, 9.17) is 10.2 Å². The number of aromatic nitrogens is 2. The summed E-state index contributed by atoms with van der Waals surface area (Å²) in [5.74, 6) is 0.235. The smallest absolute Gasteiger partial charge is 0.270 e. The van der Waals surface area contributed by atoms with Crippen LogP contribution >= 0.6 is 0 Å². The third-order valence-corrected chi connectivity index (χ3v) is 5.18. The number of aliphatic hydroxyl groups is 2. The second-order valence-electron chi connectivity index (χ2n) is 7.90. The van der Waals surface area contributed by atoms with Gasteiger partial charge in [-0.05, 0) is 41.9 Å². The molecular formula is C24H30N2O3. The molecule has 3 rings (SSSR count). The Balaban J connectivity index is 1.76. The van der Waals surface area contributed by atoms with Crippen molar-refractivity contribution in [1.82, 2.24) is 9.78 Å². The molecule has 5 nitrogen and oxygen atoms in total. The van der Waals surface area contributed by atoms with E-state index in [9.17, 15) is 4.79 Å². The number of nitrogens with zero attached hydrogens (tertiary/aromatic N) is 1. The Morgan fingerprint density at radius 1 is 0.931 bits per heavy atom. The Hall–Kier alpha value is -2.63. The zero-order chi connectivity index (χ0) is 20.8. The highest BCUT2D eigenvalue weighted by Gasteiger charge is 2.17. The van der Waals surface area contributed by atoms with Crippen molar-refractivity contribution in [1.29, 1.82) is 0 Å². The average Bonchev–Trinajstić information content (AvgIpc) is 3.00. The Kier molecular flexibility index (Phi) is 7.07. The fourth-order valence-electron chi connectivity index (χ4n) is 3.58. The molecule has 0 atom stereocenters. The molecule has 0 radical (unpaired) electrons. The number of hydrogen-bond acceptors (Lipinski definition) is 3. The van der Waals surface area contributed by atoms with E-state index in [1.165, 1.54) is 0 Å². The number of nitrogens with one attached hydrogen (secondary N) is 1. The highest BCUT2D eigenvalue weighted by atomic mass is 16.5. The minimum absolute atomic E-state index is 0.0403. The zero-order valence-corrected chi connectivity index (χ0v) is 17.1. The van der Waals surface area contributed by atoms with Gasteiger partial charge in [0.15, 0.2) is 6.29 Å². The molecule has 0 aliphatic carbocycles. The highest BCUT2D eigenvalue weighted by Crippen LogP contribution is 2.19. The molecule has 1 heterocycles. The van der Waals surface area contributed by atoms with E-state index in [1.54, 1.807) is 4.68 Å². The van der Waals surface area contributed by atoms with Crippen LogP contribution in [0.4, 0.5) is 0 Å². The van der Waals surface area contributed by atoms with E-state index in [0.29, 0.717) is 19.4 Å². The summed E-state index contributed by atoms with van der Waals surface area (Å²) < 4.78 is 1.70. The molecule has 0 saturated heterocycles. The number of hydrogen-bond donors (Lipinski definition) is 3. The number of H-pyrrole nitrogens is 1. The molecule has 0 aliphatic rings. The van der Waals surface area contributed by atoms with E-state index >= 15 is 0 Å². The maximum Gasteiger partial charge on any atom is 0.270 e. The van der Waals surface area contributed by atoms with Gasteiger partial charge < -0.3 is 10.2 Å². The van der Waals surface area contributed by atoms with E-state index in [2.05, 4.69) is 43.2 Å². The molecule has 1 aromatic heterocycles. The average molecular weight is 395 g/mol. The number of aromatic amines is 1. The van der Waals surface area contributed by atoms with Crippen molar-refractivity contribution in [3.63, 3.8) is 0 Å². The van der Waals surface area contributed by atoms with Crippen LogP contribution in [0.15, 0.2) is 59.4 Å². The van der Waals surface area contributed by atoms with Crippen molar-refractivity contribution >= 4 is 0 Å². The zero-order valence-electron chi connectivity index (χ0n) is 17.1. The first kappa shape index (κ1) is 21.1. The molecule has 0 aliphatic heterocycles. The van der Waals surface area contributed by atoms with Crippen LogP contribution in [0.5, 0.6) is 0 Å². The van der Waals surface area contributed by atoms with Gasteiger partial charge in [-0.25, -0.2) is 4.68 Å². The van der Waals surface area contributed by atoms with Crippen LogP contribution in [0.1, 0.15) is 60.6 Å². The van der Waals surface area contributed by atoms with E-state index in [0.717, 1.165) is 40.8 Å². The highest BCUT2D eigenvalue weighted by molar-refractivity contribution is 5.31. The first-order valence-corrected chi connectivity index (χ1v) is 10.2. The molecule has 154 valence electrons. The van der Waals surface area contributed by atoms with Gasteiger partial charge in [0.1, 0.15) is 0 Å². The molecule has 0 unspecified atom stereocenters. The van der Waals surface area contributed by atoms with Gasteiger partial charge >= 0.3 is 0 Å². The summed E-state index contributed by atoms with van der Waals surface area (Å²) in [6.07, 6.45) is 1.28. The third-order valence-electron chi connectivity index (χ3n) is 5.18. The van der Waals surface area contributed by atoms with Gasteiger partial charge in [0, 0.05) is 17.7 Å². The Morgan fingerprint density at radius 2 is 1.59 bits per heavy atom. The SMILES string of the molecule is CC(C)c1[nH]n(Cc2ccccc2)c(=O)c1Cc1ccc(CCCC(O)O)cc1. The Labute approximate surface area is 171 Å². The number of aryl methyl sites for hydroxylation is 1. The molecule has 3 N–H and O–H groups in total. The summed E-state index contributed by atoms with van der Waals surface area (Å²) in [6.45, 7) is 4.73. The van der Waals surface area contributed by atoms with Crippen molar-refractivity contribution in [2.24, 2.45) is 0 Å². The molecule has 3 aromatic rings. The van der Waals surface area contributed by atoms with Crippen molar-refractivity contribution in [3.05, 3.63) is 92.9 Å². The molecule has 0 amide bonds. The summed E-state index contributed by atoms with van der Waals surface area (Å²) in [6, 6.07) is 18.2. The van der Waals surface area contributed by atoms with Gasteiger partial charge in [0.25, 0.3) is 5.56 Å². The summed E-state index contributed by atoms with van der Waals surface area (Å²) in [7, 11) is 0. The maximum atomic E-state index is 13.1. The van der Waals surface area contributed by atoms with Gasteiger partial charge in [0.2, 0.25) is 0 Å². The van der Waals surface area contributed by atoms with Crippen LogP contribution < -0.4 is 5.56 Å². The van der Waals surface area contributed by atoms with Crippen molar-refractivity contribution < 1.29 is 10.2 Å². The fourth-order valence-corrected chi connectivity index (χ4v) is 3.58. The monoisotopic (exact) mass is 394 g/mol. The van der Waals surface area contributed by atoms with Crippen LogP contribution in [0.3, 0.4) is 0 Å². The molecule has 5 heteroatoms. The lowest BCUT2D eigenvalue weighted by molar-refractivity contribution is -0.0461. The number of rotatable bonds is 9. The third kappa shape index (κ3) is 5.68. The van der Waals surface area contributed by atoms with Gasteiger partial charge in [0.05, 0.1) is 6.54 Å². The largest absolute Gasteiger partial charge is 0.368 e. The lowest BCUT2D eigenvalue weighted by Crippen LogP contribution is -2.20. The van der Waals surface area contributed by atoms with Crippen LogP contribution in [0.2, 0.25) is 0 Å². The van der Waals surface area contributed by atoms with Crippen molar-refractivity contribution in [2.75, 3.05) is 0 Å². The van der Waals surface area contributed by atoms with Crippen LogP contribution in [0.25, 0.3) is 0 Å². The van der Waals surface area contributed by atoms with E-state index in [1.807, 2.05) is 30.3 Å². The van der Waals surface area contributed by atoms with Crippen LogP contribution in [-0.2, 0) is 19.4 Å². The number of aliphatic hydroxyl groups excluding tert-OH is 1.